The number of aromatic amines is 1. The Labute approximate surface area is 411 Å². The summed E-state index contributed by atoms with van der Waals surface area (Å²) in [4.78, 5) is 117. The highest BCUT2D eigenvalue weighted by molar-refractivity contribution is 5.96. The highest BCUT2D eigenvalue weighted by Crippen LogP contribution is 2.23. The Hall–Kier alpha value is -6.63. The molecule has 4 rings (SSSR count). The number of nitrogens with one attached hydrogen (secondary N) is 7. The van der Waals surface area contributed by atoms with Gasteiger partial charge in [0, 0.05) is 44.6 Å². The summed E-state index contributed by atoms with van der Waals surface area (Å²) in [5.74, 6) is -4.89. The summed E-state index contributed by atoms with van der Waals surface area (Å²) in [5.41, 5.74) is 6.86. The van der Waals surface area contributed by atoms with Crippen LogP contribution in [0.4, 0.5) is 0 Å². The molecule has 382 valence electrons. The summed E-state index contributed by atoms with van der Waals surface area (Å²) in [6.07, 6.45) is 2.70. The number of nitrogens with two attached hydrogens (primary N) is 1. The molecule has 19 nitrogen and oxygen atoms in total. The van der Waals surface area contributed by atoms with Crippen molar-refractivity contribution in [1.82, 2.24) is 46.8 Å². The number of nitrogens with zero attached hydrogens (tertiary/aromatic N) is 2. The number of aromatic nitrogens is 2. The molecule has 0 bridgehead atoms. The molecule has 0 unspecified atom stereocenters. The molecule has 1 fully saturated rings. The van der Waals surface area contributed by atoms with Gasteiger partial charge in [0.1, 0.15) is 36.3 Å². The first-order chi connectivity index (χ1) is 33.0. The van der Waals surface area contributed by atoms with Gasteiger partial charge in [-0.25, -0.2) is 4.98 Å². The number of benzene rings is 2. The topological polar surface area (TPSA) is 287 Å². The summed E-state index contributed by atoms with van der Waals surface area (Å²) >= 11 is 0. The lowest BCUT2D eigenvalue weighted by atomic mass is 9.85. The molecular weight excluding hydrogens is 897 g/mol. The minimum atomic E-state index is -1.42. The fraction of sp³-hybridized carbons (Fsp3) is 0.549. The molecule has 1 aromatic heterocycles. The number of imidazole rings is 1. The van der Waals surface area contributed by atoms with E-state index in [9.17, 15) is 43.5 Å². The standard InChI is InChI=1S/C51H74N10O9/c1-30(2)22-36(42(63)27-43(64)56-38(23-31(3)4)46(66)58-37(45(52)65)24-33-16-11-9-12-17-33)57-49(69)44(51(6,7)8)60-47(67)39(25-34-18-13-10-14-19-34)59-48(68)41-20-15-21-61(41)50(70)40(55-32(5)62)26-35-28-53-29-54-35/h9-14,16-19,28-31,36-42,44,63H,15,20-27H2,1-8H3,(H2,52,65)(H,53,54)(H,55,62)(H,56,64)(H,57,69)(H,58,66)(H,59,68)(H,60,67)/t36-,37-,38-,39-,40-,41+,42-,44+/m0/s1. The third kappa shape index (κ3) is 17.7. The molecular formula is C51H74N10O9. The molecule has 3 aromatic rings. The fourth-order valence-corrected chi connectivity index (χ4v) is 8.53. The Morgan fingerprint density at radius 2 is 1.31 bits per heavy atom. The molecule has 0 saturated carbocycles. The van der Waals surface area contributed by atoms with E-state index in [0.29, 0.717) is 18.5 Å². The molecule has 1 saturated heterocycles. The Balaban J connectivity index is 1.50. The molecule has 70 heavy (non-hydrogen) atoms. The van der Waals surface area contributed by atoms with Crippen LogP contribution in [0.5, 0.6) is 0 Å². The number of H-pyrrole nitrogens is 1. The van der Waals surface area contributed by atoms with Gasteiger partial charge in [-0.2, -0.15) is 0 Å². The van der Waals surface area contributed by atoms with Crippen molar-refractivity contribution in [2.24, 2.45) is 23.0 Å². The number of primary amides is 1. The number of amides is 8. The Kier molecular flexibility index (Phi) is 21.1. The van der Waals surface area contributed by atoms with Gasteiger partial charge in [0.05, 0.1) is 24.9 Å². The van der Waals surface area contributed by atoms with Crippen molar-refractivity contribution in [1.29, 1.82) is 0 Å². The van der Waals surface area contributed by atoms with Crippen LogP contribution in [0.25, 0.3) is 0 Å². The number of hydrogen-bond donors (Lipinski definition) is 9. The zero-order chi connectivity index (χ0) is 51.7. The van der Waals surface area contributed by atoms with E-state index in [0.717, 1.165) is 11.1 Å². The number of likely N-dealkylation sites (tertiary alicyclic amines) is 1. The van der Waals surface area contributed by atoms with Gasteiger partial charge in [-0.3, -0.25) is 38.4 Å². The minimum absolute atomic E-state index is 0.0434. The van der Waals surface area contributed by atoms with Crippen molar-refractivity contribution >= 4 is 47.3 Å². The lowest BCUT2D eigenvalue weighted by molar-refractivity contribution is -0.142. The van der Waals surface area contributed by atoms with Gasteiger partial charge in [0.15, 0.2) is 0 Å². The van der Waals surface area contributed by atoms with Gasteiger partial charge in [0.25, 0.3) is 0 Å². The number of carbonyl (C=O) groups is 8. The minimum Gasteiger partial charge on any atom is -0.390 e. The quantitative estimate of drug-likeness (QED) is 0.0593. The molecule has 0 aliphatic carbocycles. The Morgan fingerprint density at radius 3 is 1.84 bits per heavy atom. The molecule has 1 aliphatic rings. The number of rotatable bonds is 25. The average molecular weight is 971 g/mol. The molecule has 8 atom stereocenters. The van der Waals surface area contributed by atoms with Gasteiger partial charge >= 0.3 is 0 Å². The fourth-order valence-electron chi connectivity index (χ4n) is 8.53. The molecule has 10 N–H and O–H groups in total. The summed E-state index contributed by atoms with van der Waals surface area (Å²) < 4.78 is 0. The molecule has 2 heterocycles. The van der Waals surface area contributed by atoms with Crippen molar-refractivity contribution in [2.75, 3.05) is 6.54 Å². The first-order valence-corrected chi connectivity index (χ1v) is 24.1. The zero-order valence-corrected chi connectivity index (χ0v) is 41.8. The maximum atomic E-state index is 14.5. The van der Waals surface area contributed by atoms with E-state index < -0.39 is 107 Å². The normalized spacial score (nSPS) is 16.7. The summed E-state index contributed by atoms with van der Waals surface area (Å²) in [6.45, 7) is 14.3. The van der Waals surface area contributed by atoms with Crippen LogP contribution in [0.3, 0.4) is 0 Å². The number of carbonyl (C=O) groups excluding carboxylic acids is 8. The third-order valence-electron chi connectivity index (χ3n) is 12.0. The van der Waals surface area contributed by atoms with E-state index in [1.807, 2.05) is 39.8 Å². The Morgan fingerprint density at radius 1 is 0.729 bits per heavy atom. The number of hydrogen-bond acceptors (Lipinski definition) is 10. The van der Waals surface area contributed by atoms with Crippen LogP contribution in [0.15, 0.2) is 73.2 Å². The van der Waals surface area contributed by atoms with Crippen molar-refractivity contribution in [3.05, 3.63) is 90.0 Å². The average Bonchev–Trinajstić information content (AvgIpc) is 4.00. The lowest BCUT2D eigenvalue weighted by Gasteiger charge is -2.35. The molecule has 1 aliphatic heterocycles. The monoisotopic (exact) mass is 971 g/mol. The van der Waals surface area contributed by atoms with E-state index in [1.54, 1.807) is 75.5 Å². The highest BCUT2D eigenvalue weighted by atomic mass is 16.3. The number of aliphatic hydroxyl groups excluding tert-OH is 1. The predicted octanol–water partition coefficient (Wildman–Crippen LogP) is 1.73. The molecule has 0 spiro atoms. The lowest BCUT2D eigenvalue weighted by Crippen LogP contribution is -2.61. The van der Waals surface area contributed by atoms with Gasteiger partial charge < -0.3 is 52.6 Å². The highest BCUT2D eigenvalue weighted by Gasteiger charge is 2.41. The molecule has 0 radical (unpaired) electrons. The number of aliphatic hydroxyl groups is 1. The predicted molar refractivity (Wildman–Crippen MR) is 263 cm³/mol. The smallest absolute Gasteiger partial charge is 0.246 e. The van der Waals surface area contributed by atoms with Gasteiger partial charge in [-0.15, -0.1) is 0 Å². The van der Waals surface area contributed by atoms with Crippen LogP contribution in [-0.4, -0.2) is 122 Å². The van der Waals surface area contributed by atoms with Crippen molar-refractivity contribution < 1.29 is 43.5 Å². The van der Waals surface area contributed by atoms with E-state index in [-0.39, 0.29) is 50.5 Å². The molecule has 2 aromatic carbocycles. The van der Waals surface area contributed by atoms with Gasteiger partial charge in [0.2, 0.25) is 47.3 Å². The SMILES string of the molecule is CC(=O)N[C@@H](Cc1cnc[nH]1)C(=O)N1CCC[C@@H]1C(=O)N[C@@H](Cc1ccccc1)C(=O)N[C@H](C(=O)N[C@@H](CC(C)C)[C@@H](O)CC(=O)N[C@@H](CC(C)C)C(=O)N[C@@H](Cc1ccccc1)C(N)=O)C(C)(C)C. The van der Waals surface area contributed by atoms with Crippen LogP contribution in [-0.2, 0) is 57.6 Å². The second kappa shape index (κ2) is 26.4. The van der Waals surface area contributed by atoms with Crippen LogP contribution < -0.4 is 37.6 Å². The maximum Gasteiger partial charge on any atom is 0.246 e. The maximum absolute atomic E-state index is 14.5. The molecule has 8 amide bonds. The second-order valence-electron chi connectivity index (χ2n) is 20.2. The van der Waals surface area contributed by atoms with Crippen LogP contribution in [0, 0.1) is 17.3 Å². The van der Waals surface area contributed by atoms with E-state index >= 15 is 0 Å². The van der Waals surface area contributed by atoms with E-state index in [1.165, 1.54) is 18.2 Å². The third-order valence-corrected chi connectivity index (χ3v) is 12.0. The summed E-state index contributed by atoms with van der Waals surface area (Å²) in [6, 6.07) is 10.6. The van der Waals surface area contributed by atoms with Crippen molar-refractivity contribution in [3.63, 3.8) is 0 Å². The van der Waals surface area contributed by atoms with Crippen LogP contribution >= 0.6 is 0 Å². The largest absolute Gasteiger partial charge is 0.390 e. The van der Waals surface area contributed by atoms with Crippen molar-refractivity contribution in [3.8, 4) is 0 Å². The van der Waals surface area contributed by atoms with E-state index in [4.69, 9.17) is 5.73 Å². The zero-order valence-electron chi connectivity index (χ0n) is 41.8. The summed E-state index contributed by atoms with van der Waals surface area (Å²) in [7, 11) is 0. The van der Waals surface area contributed by atoms with Gasteiger partial charge in [-0.05, 0) is 54.1 Å². The first-order valence-electron chi connectivity index (χ1n) is 24.1. The van der Waals surface area contributed by atoms with Crippen LogP contribution in [0.2, 0.25) is 0 Å². The second-order valence-corrected chi connectivity index (χ2v) is 20.2. The first kappa shape index (κ1) is 56.0. The Bertz CT molecular complexity index is 2220. The van der Waals surface area contributed by atoms with Crippen LogP contribution in [0.1, 0.15) is 104 Å². The van der Waals surface area contributed by atoms with Gasteiger partial charge in [-0.1, -0.05) is 109 Å². The van der Waals surface area contributed by atoms with Crippen molar-refractivity contribution in [2.45, 2.75) is 155 Å². The van der Waals surface area contributed by atoms with E-state index in [2.05, 4.69) is 41.9 Å². The summed E-state index contributed by atoms with van der Waals surface area (Å²) in [5, 5.41) is 28.3. The molecule has 19 heteroatoms.